The molecule has 0 bridgehead atoms. The summed E-state index contributed by atoms with van der Waals surface area (Å²) in [6.45, 7) is -3.24. The minimum absolute atomic E-state index is 0.0364. The third-order valence-electron chi connectivity index (χ3n) is 10.5. The van der Waals surface area contributed by atoms with Crippen LogP contribution in [0, 0.1) is 0 Å². The summed E-state index contributed by atoms with van der Waals surface area (Å²) in [5, 5.41) is 74.8. The number of hydrogen-bond acceptors (Lipinski definition) is 19. The van der Waals surface area contributed by atoms with Crippen LogP contribution in [0.3, 0.4) is 0 Å². The van der Waals surface area contributed by atoms with E-state index in [0.717, 1.165) is 0 Å². The van der Waals surface area contributed by atoms with Gasteiger partial charge in [0.1, 0.15) is 48.0 Å². The van der Waals surface area contributed by atoms with Gasteiger partial charge in [-0.15, -0.1) is 0 Å². The molecule has 0 unspecified atom stereocenters. The van der Waals surface area contributed by atoms with E-state index in [9.17, 15) is 40.5 Å². The molecule has 3 aromatic rings. The van der Waals surface area contributed by atoms with Crippen LogP contribution in [0.4, 0.5) is 0 Å². The first kappa shape index (κ1) is 37.8. The Morgan fingerprint density at radius 1 is 0.764 bits per heavy atom. The Balaban J connectivity index is 1.12. The molecular weight excluding hydrogens is 736 g/mol. The van der Waals surface area contributed by atoms with Gasteiger partial charge in [0.2, 0.25) is 13.1 Å². The highest BCUT2D eigenvalue weighted by molar-refractivity contribution is 6.14. The van der Waals surface area contributed by atoms with E-state index in [-0.39, 0.29) is 24.7 Å². The quantitative estimate of drug-likeness (QED) is 0.111. The van der Waals surface area contributed by atoms with Gasteiger partial charge in [0.05, 0.1) is 52.8 Å². The van der Waals surface area contributed by atoms with Gasteiger partial charge in [0.25, 0.3) is 0 Å². The van der Waals surface area contributed by atoms with Crippen molar-refractivity contribution < 1.29 is 92.6 Å². The third-order valence-corrected chi connectivity index (χ3v) is 10.5. The first-order valence-electron chi connectivity index (χ1n) is 17.3. The highest BCUT2D eigenvalue weighted by atomic mass is 16.8. The molecule has 8 rings (SSSR count). The summed E-state index contributed by atoms with van der Waals surface area (Å²) in [4.78, 5) is 13.5. The lowest BCUT2D eigenvalue weighted by Crippen LogP contribution is -2.60. The first-order valence-corrected chi connectivity index (χ1v) is 17.3. The van der Waals surface area contributed by atoms with E-state index in [4.69, 9.17) is 52.1 Å². The lowest BCUT2D eigenvalue weighted by molar-refractivity contribution is -0.324. The maximum atomic E-state index is 13.5. The highest BCUT2D eigenvalue weighted by Crippen LogP contribution is 2.50. The SMILES string of the molecule is COc1cc2c(O[C@H]3OC[C@@](O)(CO)[C@@H]3O[C@@H]3OC[C@H](O[C@H]4OC[C@@](O)(CO)[C@H]4O)[C@H](O)[C@H]3O)c3c(c(-c4ccc5c(c4)OCO5)c2cc1OC)C(=O)OC3. The summed E-state index contributed by atoms with van der Waals surface area (Å²) in [7, 11) is 2.91. The zero-order chi connectivity index (χ0) is 38.8. The molecule has 0 aromatic heterocycles. The minimum atomic E-state index is -2.11. The van der Waals surface area contributed by atoms with E-state index < -0.39 is 99.6 Å². The fourth-order valence-electron chi connectivity index (χ4n) is 7.32. The molecule has 0 amide bonds. The Kier molecular flexibility index (Phi) is 9.93. The van der Waals surface area contributed by atoms with Gasteiger partial charge in [-0.05, 0) is 35.2 Å². The van der Waals surface area contributed by atoms with Gasteiger partial charge in [0, 0.05) is 16.5 Å². The number of fused-ring (bicyclic) bond motifs is 3. The van der Waals surface area contributed by atoms with E-state index in [1.165, 1.54) is 14.2 Å². The predicted octanol–water partition coefficient (Wildman–Crippen LogP) is -1.33. The molecule has 5 aliphatic heterocycles. The molecule has 5 aliphatic rings. The molecule has 0 spiro atoms. The number of carbonyl (C=O) groups excluding carboxylic acids is 1. The highest BCUT2D eigenvalue weighted by Gasteiger charge is 2.56. The standard InChI is InChI=1S/C36H40O19/c1-45-20-6-16-17(7-21(20)46-2)28(18-8-47-31(42)25(18)24(16)15-3-4-19-22(5-15)52-14-51-19)54-34-30(36(44,11-38)13-50-34)55-32-27(40)26(39)23(9-48-32)53-33-29(41)35(43,10-37)12-49-33/h3-7,23,26-27,29-30,32-34,37-41,43-44H,8-14H2,1-2H3/t23-,26-,27+,29-,30+,32-,33+,34+,35-,36-/m0/s1. The summed E-state index contributed by atoms with van der Waals surface area (Å²) in [5.74, 6) is 1.12. The van der Waals surface area contributed by atoms with Gasteiger partial charge in [-0.25, -0.2) is 4.79 Å². The minimum Gasteiger partial charge on any atom is -0.493 e. The van der Waals surface area contributed by atoms with Crippen LogP contribution in [0.5, 0.6) is 28.7 Å². The molecular formula is C36H40O19. The molecule has 0 aliphatic carbocycles. The molecule has 10 atom stereocenters. The van der Waals surface area contributed by atoms with E-state index in [0.29, 0.717) is 50.5 Å². The zero-order valence-corrected chi connectivity index (χ0v) is 29.5. The molecule has 5 heterocycles. The summed E-state index contributed by atoms with van der Waals surface area (Å²) in [6.07, 6.45) is -12.7. The molecule has 19 nitrogen and oxygen atoms in total. The second kappa shape index (κ2) is 14.4. The third kappa shape index (κ3) is 6.29. The number of esters is 1. The van der Waals surface area contributed by atoms with Crippen LogP contribution >= 0.6 is 0 Å². The predicted molar refractivity (Wildman–Crippen MR) is 179 cm³/mol. The monoisotopic (exact) mass is 776 g/mol. The molecule has 19 heteroatoms. The molecule has 0 radical (unpaired) electrons. The van der Waals surface area contributed by atoms with Crippen LogP contribution < -0.4 is 23.7 Å². The number of hydrogen-bond donors (Lipinski definition) is 7. The van der Waals surface area contributed by atoms with E-state index >= 15 is 0 Å². The summed E-state index contributed by atoms with van der Waals surface area (Å²) in [5.41, 5.74) is -2.52. The summed E-state index contributed by atoms with van der Waals surface area (Å²) < 4.78 is 62.7. The van der Waals surface area contributed by atoms with Crippen molar-refractivity contribution in [3.8, 4) is 39.9 Å². The van der Waals surface area contributed by atoms with Crippen LogP contribution in [-0.2, 0) is 35.0 Å². The Labute approximate surface area is 311 Å². The van der Waals surface area contributed by atoms with Crippen molar-refractivity contribution in [2.75, 3.05) is 54.0 Å². The number of cyclic esters (lactones) is 1. The van der Waals surface area contributed by atoms with Crippen molar-refractivity contribution in [2.24, 2.45) is 0 Å². The fourth-order valence-corrected chi connectivity index (χ4v) is 7.32. The number of carbonyl (C=O) groups is 1. The summed E-state index contributed by atoms with van der Waals surface area (Å²) >= 11 is 0. The lowest BCUT2D eigenvalue weighted by atomic mass is 9.89. The zero-order valence-electron chi connectivity index (χ0n) is 29.5. The smallest absolute Gasteiger partial charge is 0.339 e. The Morgan fingerprint density at radius 3 is 2.16 bits per heavy atom. The van der Waals surface area contributed by atoms with Gasteiger partial charge in [-0.1, -0.05) is 6.07 Å². The number of methoxy groups -OCH3 is 2. The molecule has 3 aromatic carbocycles. The number of rotatable bonds is 11. The maximum Gasteiger partial charge on any atom is 0.339 e. The Bertz CT molecular complexity index is 1960. The molecule has 3 fully saturated rings. The second-order valence-corrected chi connectivity index (χ2v) is 13.8. The topological polar surface area (TPSA) is 260 Å². The fraction of sp³-hybridized carbons (Fsp3) is 0.528. The van der Waals surface area contributed by atoms with E-state index in [2.05, 4.69) is 0 Å². The molecule has 3 saturated heterocycles. The lowest BCUT2D eigenvalue weighted by Gasteiger charge is -2.41. The van der Waals surface area contributed by atoms with E-state index in [1.54, 1.807) is 30.3 Å². The van der Waals surface area contributed by atoms with Crippen molar-refractivity contribution in [2.45, 2.75) is 67.2 Å². The Morgan fingerprint density at radius 2 is 1.45 bits per heavy atom. The van der Waals surface area contributed by atoms with E-state index in [1.807, 2.05) is 0 Å². The van der Waals surface area contributed by atoms with Crippen LogP contribution in [0.15, 0.2) is 30.3 Å². The van der Waals surface area contributed by atoms with Gasteiger partial charge in [-0.2, -0.15) is 0 Å². The van der Waals surface area contributed by atoms with Crippen LogP contribution in [0.25, 0.3) is 21.9 Å². The largest absolute Gasteiger partial charge is 0.493 e. The van der Waals surface area contributed by atoms with Gasteiger partial charge < -0.3 is 87.9 Å². The average Bonchev–Trinajstić information content (AvgIpc) is 3.97. The van der Waals surface area contributed by atoms with Crippen LogP contribution in [-0.4, -0.2) is 156 Å². The van der Waals surface area contributed by atoms with Crippen molar-refractivity contribution >= 4 is 16.7 Å². The van der Waals surface area contributed by atoms with Gasteiger partial charge in [0.15, 0.2) is 41.7 Å². The van der Waals surface area contributed by atoms with Gasteiger partial charge >= 0.3 is 5.97 Å². The number of benzene rings is 3. The number of aliphatic hydroxyl groups is 7. The van der Waals surface area contributed by atoms with Gasteiger partial charge in [-0.3, -0.25) is 0 Å². The number of ether oxygens (including phenoxy) is 11. The average molecular weight is 777 g/mol. The summed E-state index contributed by atoms with van der Waals surface area (Å²) in [6, 6.07) is 8.55. The molecule has 298 valence electrons. The van der Waals surface area contributed by atoms with Crippen molar-refractivity contribution in [3.63, 3.8) is 0 Å². The normalized spacial score (nSPS) is 33.9. The first-order chi connectivity index (χ1) is 26.4. The van der Waals surface area contributed by atoms with Crippen LogP contribution in [0.1, 0.15) is 15.9 Å². The molecule has 0 saturated carbocycles. The number of aliphatic hydroxyl groups excluding tert-OH is 5. The second-order valence-electron chi connectivity index (χ2n) is 13.8. The molecule has 55 heavy (non-hydrogen) atoms. The maximum absolute atomic E-state index is 13.5. The molecule has 7 N–H and O–H groups in total. The Hall–Kier alpha value is -4.09. The van der Waals surface area contributed by atoms with Crippen LogP contribution in [0.2, 0.25) is 0 Å². The van der Waals surface area contributed by atoms with Crippen molar-refractivity contribution in [3.05, 3.63) is 41.5 Å². The van der Waals surface area contributed by atoms with Crippen molar-refractivity contribution in [1.82, 2.24) is 0 Å². The van der Waals surface area contributed by atoms with Crippen molar-refractivity contribution in [1.29, 1.82) is 0 Å².